The highest BCUT2D eigenvalue weighted by molar-refractivity contribution is 6.32. The van der Waals surface area contributed by atoms with Gasteiger partial charge in [-0.2, -0.15) is 10.2 Å². The number of amides is 10. The number of nitrogens with one attached hydrogen (secondary N) is 11. The summed E-state index contributed by atoms with van der Waals surface area (Å²) in [5.74, 6) is -16.8. The number of anilines is 1. The van der Waals surface area contributed by atoms with Gasteiger partial charge in [-0.25, -0.2) is 10.3 Å². The number of nitriles is 1. The monoisotopic (exact) mass is 1820 g/mol. The van der Waals surface area contributed by atoms with Gasteiger partial charge in [0.15, 0.2) is 36.7 Å². The number of aliphatic hydroxyl groups excluding tert-OH is 6. The molecule has 5 aromatic carbocycles. The minimum absolute atomic E-state index is 0.0102. The minimum Gasteiger partial charge on any atom is -0.508 e. The zero-order chi connectivity index (χ0) is 92.6. The van der Waals surface area contributed by atoms with Crippen molar-refractivity contribution in [1.29, 1.82) is 5.26 Å². The number of aromatic nitrogens is 2. The van der Waals surface area contributed by atoms with Crippen molar-refractivity contribution in [2.45, 2.75) is 202 Å². The molecule has 6 aromatic rings. The Hall–Kier alpha value is -11.9. The Bertz CT molecular complexity index is 5330. The van der Waals surface area contributed by atoms with Crippen LogP contribution < -0.4 is 84.3 Å². The van der Waals surface area contributed by atoms with Crippen molar-refractivity contribution < 1.29 is 127 Å². The Labute approximate surface area is 740 Å². The average molecular weight is 1820 g/mol. The van der Waals surface area contributed by atoms with Crippen molar-refractivity contribution in [3.8, 4) is 63.3 Å². The molecule has 22 N–H and O–H groups in total. The van der Waals surface area contributed by atoms with Crippen molar-refractivity contribution in [1.82, 2.24) is 62.9 Å². The molecule has 1 aliphatic carbocycles. The van der Waals surface area contributed by atoms with E-state index in [2.05, 4.69) is 59.8 Å². The van der Waals surface area contributed by atoms with Gasteiger partial charge < -0.3 is 128 Å². The molecule has 128 heavy (non-hydrogen) atoms. The second-order valence-electron chi connectivity index (χ2n) is 32.8. The van der Waals surface area contributed by atoms with Crippen LogP contribution in [-0.2, 0) is 73.5 Å². The van der Waals surface area contributed by atoms with Crippen LogP contribution in [-0.4, -0.2) is 220 Å². The second kappa shape index (κ2) is 41.0. The van der Waals surface area contributed by atoms with Crippen LogP contribution in [0.25, 0.3) is 11.1 Å². The molecule has 14 rings (SSSR count). The summed E-state index contributed by atoms with van der Waals surface area (Å²) in [4.78, 5) is 168. The number of hydrogen-bond acceptors (Lipinski definition) is 31. The van der Waals surface area contributed by atoms with E-state index >= 15 is 24.0 Å². The summed E-state index contributed by atoms with van der Waals surface area (Å²) in [6, 6.07) is 0.147. The highest BCUT2D eigenvalue weighted by Crippen LogP contribution is 2.50. The van der Waals surface area contributed by atoms with E-state index in [-0.39, 0.29) is 67.0 Å². The number of hydroxylamine groups is 1. The number of benzene rings is 5. The predicted octanol–water partition coefficient (Wildman–Crippen LogP) is 0.709. The third-order valence-corrected chi connectivity index (χ3v) is 23.5. The predicted molar refractivity (Wildman–Crippen MR) is 446 cm³/mol. The summed E-state index contributed by atoms with van der Waals surface area (Å²) in [7, 11) is 1.46. The van der Waals surface area contributed by atoms with Gasteiger partial charge in [0.05, 0.1) is 41.3 Å². The summed E-state index contributed by atoms with van der Waals surface area (Å²) in [6.07, 6.45) is -12.7. The molecule has 10 amide bonds. The van der Waals surface area contributed by atoms with Gasteiger partial charge in [0.2, 0.25) is 59.3 Å². The first-order valence-electron chi connectivity index (χ1n) is 41.0. The quantitative estimate of drug-likeness (QED) is 0.0239. The maximum absolute atomic E-state index is 16.4. The number of phenols is 3. The molecule has 3 fully saturated rings. The number of phenolic OH excluding ortho intramolecular Hbond substituents is 3. The maximum atomic E-state index is 16.4. The largest absolute Gasteiger partial charge is 0.508 e. The normalized spacial score (nSPS) is 27.4. The van der Waals surface area contributed by atoms with Gasteiger partial charge >= 0.3 is 5.69 Å². The highest BCUT2D eigenvalue weighted by Gasteiger charge is 2.52. The highest BCUT2D eigenvalue weighted by atomic mass is 35.5. The van der Waals surface area contributed by atoms with Gasteiger partial charge in [-0.05, 0) is 146 Å². The fraction of sp³-hybridized carbons (Fsp3) is 0.464. The summed E-state index contributed by atoms with van der Waals surface area (Å²) in [5.41, 5.74) is 2.50. The van der Waals surface area contributed by atoms with Crippen LogP contribution in [0.4, 0.5) is 5.82 Å². The number of carbonyl (C=O) groups is 10. The molecule has 2 saturated heterocycles. The summed E-state index contributed by atoms with van der Waals surface area (Å²) in [6.45, 7) is 6.81. The molecular weight excluding hydrogens is 1720 g/mol. The van der Waals surface area contributed by atoms with Gasteiger partial charge in [0, 0.05) is 54.9 Å². The number of rotatable bonds is 23. The van der Waals surface area contributed by atoms with Crippen LogP contribution in [0.1, 0.15) is 144 Å². The van der Waals surface area contributed by atoms with E-state index in [0.717, 1.165) is 92.4 Å². The van der Waals surface area contributed by atoms with E-state index in [0.29, 0.717) is 5.92 Å². The lowest BCUT2D eigenvalue weighted by Gasteiger charge is -2.48. The molecule has 8 aliphatic rings. The first kappa shape index (κ1) is 95.2. The maximum Gasteiger partial charge on any atom is 0.349 e. The Balaban J connectivity index is 0.999. The van der Waals surface area contributed by atoms with Crippen LogP contribution in [0.15, 0.2) is 95.9 Å². The molecule has 18 atom stereocenters. The number of primary amides is 1. The Kier molecular flexibility index (Phi) is 30.5. The molecule has 11 bridgehead atoms. The third-order valence-electron chi connectivity index (χ3n) is 23.0. The lowest BCUT2D eigenvalue weighted by atomic mass is 9.81. The van der Waals surface area contributed by atoms with Crippen molar-refractivity contribution in [2.24, 2.45) is 23.5 Å². The molecule has 7 aliphatic heterocycles. The molecule has 686 valence electrons. The lowest BCUT2D eigenvalue weighted by Crippen LogP contribution is -2.65. The van der Waals surface area contributed by atoms with E-state index in [1.54, 1.807) is 26.1 Å². The Morgan fingerprint density at radius 1 is 0.727 bits per heavy atom. The number of hydrogen-bond donors (Lipinski definition) is 21. The summed E-state index contributed by atoms with van der Waals surface area (Å²) >= 11 is 14.4. The Morgan fingerprint density at radius 2 is 1.38 bits per heavy atom. The van der Waals surface area contributed by atoms with Gasteiger partial charge in [-0.3, -0.25) is 62.7 Å². The first-order valence-corrected chi connectivity index (χ1v) is 41.7. The fourth-order valence-corrected chi connectivity index (χ4v) is 16.6. The van der Waals surface area contributed by atoms with Crippen LogP contribution in [0.2, 0.25) is 10.0 Å². The van der Waals surface area contributed by atoms with Crippen LogP contribution >= 0.6 is 23.2 Å². The van der Waals surface area contributed by atoms with E-state index in [9.17, 15) is 74.7 Å². The SMILES string of the molecule is CN[C@H](CC(C)C)C(=O)N[C@H]1C(=O)N[C@@H](CC(N)=O)C(=O)N[C@H]2C(=O)N[C@H]3C(=O)N[C@H](C(=O)N[C@@H](C(=O)NOCC(=O)NC#N)c4cc(O)cc(O)c4-c4cc3ccc4O)[C@H](O)c3ccc(c(Cl)c3)Oc3cc2cc(c3O[C@@H]2O[C@H](CO)[C@@H](O)[C@H](O)[C@H]2O[C@H]2C[C@](C)(NCCn3ccc(NC(=O)CC4CCC(C)CC4)nc3=O)[C@H](O)[C@H](C)O2)Oc2ccc(cc2Cl)[C@H]1O. The summed E-state index contributed by atoms with van der Waals surface area (Å²) < 4.78 is 40.7. The molecule has 0 radical (unpaired) electrons. The zero-order valence-electron chi connectivity index (χ0n) is 69.7. The number of fused-ring (bicyclic) bond motifs is 15. The molecule has 42 nitrogen and oxygen atoms in total. The standard InChI is InChI=1S/C84H99Cl2N15O27/c1-35(2)21-48(89-6)75(114)98-66-68(109)40-12-15-52(46(85)24-40)124-54-26-42-27-55(72(54)128-82-73(71(112)70(111)56(32-102)126-82)127-61-31-84(5,74(113)37(4)123-61)91-18-20-101-19-17-58(94-83(101)121)93-59(107)22-38-9-7-36(3)8-10-38)125-53-16-13-41(25-47(53)86)69(110)67-80(119)97-65(81(120)100-122-33-60(108)90-34-87)45-28-43(103)29-51(105)62(45)44-23-39(11-14-50(44)104)63(77(116)99-67)96-78(117)64(42)95-76(115)49(30-57(88)106)92-79(66)118/h11-17,19,23-29,35-38,48-49,56,61,63-71,73-74,82,89,91,102-105,109-113H,7-10,18,20-22,30-33H2,1-6H3,(H2,88,106)(H,90,108)(H,92,118)(H,95,115)(H,96,117)(H,97,119)(H,98,114)(H,99,116)(H,100,120)(H,93,94,107,121)/t36?,37-,38?,48+,49-,56+,61-,63+,64+,65+,66+,67-,68+,69+,70+,71-,73+,74+,82-,84-/m0/s1. The number of carbonyl (C=O) groups excluding carboxylic acids is 10. The van der Waals surface area contributed by atoms with Crippen molar-refractivity contribution in [3.63, 3.8) is 0 Å². The van der Waals surface area contributed by atoms with Gasteiger partial charge in [-0.15, -0.1) is 0 Å². The van der Waals surface area contributed by atoms with E-state index in [1.807, 2.05) is 5.48 Å². The molecule has 1 aromatic heterocycles. The van der Waals surface area contributed by atoms with E-state index in [1.165, 1.54) is 49.1 Å². The van der Waals surface area contributed by atoms with Gasteiger partial charge in [0.1, 0.15) is 101 Å². The lowest BCUT2D eigenvalue weighted by molar-refractivity contribution is -0.334. The van der Waals surface area contributed by atoms with Crippen LogP contribution in [0.3, 0.4) is 0 Å². The van der Waals surface area contributed by atoms with E-state index in [4.69, 9.17) is 67.5 Å². The average Bonchev–Trinajstić information content (AvgIpc) is 0.797. The molecule has 0 spiro atoms. The van der Waals surface area contributed by atoms with Gasteiger partial charge in [0.25, 0.3) is 11.8 Å². The van der Waals surface area contributed by atoms with Gasteiger partial charge in [-0.1, -0.05) is 75.0 Å². The number of nitrogens with zero attached hydrogens (tertiary/aromatic N) is 3. The van der Waals surface area contributed by atoms with Crippen molar-refractivity contribution in [2.75, 3.05) is 32.1 Å². The molecule has 0 unspecified atom stereocenters. The third kappa shape index (κ3) is 22.1. The Morgan fingerprint density at radius 3 is 2.01 bits per heavy atom. The number of nitrogens with two attached hydrogens (primary N) is 1. The number of ether oxygens (including phenoxy) is 6. The molecule has 8 heterocycles. The molecule has 44 heteroatoms. The van der Waals surface area contributed by atoms with Crippen molar-refractivity contribution in [3.05, 3.63) is 139 Å². The number of aliphatic hydroxyl groups is 6. The van der Waals surface area contributed by atoms with E-state index < -0.39 is 272 Å². The molecular formula is C84H99Cl2N15O27. The molecule has 1 saturated carbocycles. The van der Waals surface area contributed by atoms with Crippen LogP contribution in [0.5, 0.6) is 46.0 Å². The van der Waals surface area contributed by atoms with Crippen molar-refractivity contribution >= 4 is 88.1 Å². The number of aromatic hydroxyl groups is 3. The first-order chi connectivity index (χ1) is 60.8. The minimum atomic E-state index is -2.42. The van der Waals surface area contributed by atoms with Crippen LogP contribution in [0, 0.1) is 29.2 Å². The topological polar surface area (TPSA) is 634 Å². The number of likely N-dealkylation sites (N-methyl/N-ethyl adjacent to an activating group) is 1. The number of halogens is 2. The fourth-order valence-electron chi connectivity index (χ4n) is 16.1. The smallest absolute Gasteiger partial charge is 0.349 e. The second-order valence-corrected chi connectivity index (χ2v) is 33.6. The summed E-state index contributed by atoms with van der Waals surface area (Å²) in [5, 5.41) is 140. The zero-order valence-corrected chi connectivity index (χ0v) is 71.3.